The molecular weight excluding hydrogens is 292 g/mol. The average molecular weight is 314 g/mol. The summed E-state index contributed by atoms with van der Waals surface area (Å²) in [7, 11) is -3.35. The number of sulfonamides is 1. The van der Waals surface area contributed by atoms with Crippen LogP contribution in [0.4, 0.5) is 5.69 Å². The van der Waals surface area contributed by atoms with E-state index in [9.17, 15) is 8.42 Å². The number of rotatable bonds is 7. The number of thioether (sulfide) groups is 1. The van der Waals surface area contributed by atoms with Gasteiger partial charge >= 0.3 is 0 Å². The zero-order valence-corrected chi connectivity index (χ0v) is 13.4. The summed E-state index contributed by atoms with van der Waals surface area (Å²) in [5.41, 5.74) is 0.979. The molecule has 1 atom stereocenters. The maximum absolute atomic E-state index is 11.9. The lowest BCUT2D eigenvalue weighted by Gasteiger charge is -2.12. The van der Waals surface area contributed by atoms with Crippen LogP contribution in [0.2, 0.25) is 0 Å². The van der Waals surface area contributed by atoms with Crippen LogP contribution in [0.1, 0.15) is 26.2 Å². The smallest absolute Gasteiger partial charge is 0.240 e. The van der Waals surface area contributed by atoms with E-state index in [1.54, 1.807) is 12.1 Å². The van der Waals surface area contributed by atoms with Crippen molar-refractivity contribution < 1.29 is 8.42 Å². The standard InChI is InChI=1S/C14H22N2O2S2/c1-2-9-16-20(17,18)14-7-5-12(6-8-14)15-11-13-4-3-10-19-13/h5-8,13,15-16H,2-4,9-11H2,1H3. The fraction of sp³-hybridized carbons (Fsp3) is 0.571. The molecule has 0 spiro atoms. The van der Waals surface area contributed by atoms with Gasteiger partial charge in [0.1, 0.15) is 0 Å². The van der Waals surface area contributed by atoms with E-state index in [0.29, 0.717) is 16.7 Å². The van der Waals surface area contributed by atoms with E-state index >= 15 is 0 Å². The van der Waals surface area contributed by atoms with Crippen LogP contribution >= 0.6 is 11.8 Å². The third-order valence-electron chi connectivity index (χ3n) is 3.26. The normalized spacial score (nSPS) is 19.1. The molecule has 0 radical (unpaired) electrons. The van der Waals surface area contributed by atoms with Crippen molar-refractivity contribution in [2.75, 3.05) is 24.2 Å². The second-order valence-corrected chi connectivity index (χ2v) is 8.11. The minimum Gasteiger partial charge on any atom is -0.384 e. The molecule has 0 saturated carbocycles. The van der Waals surface area contributed by atoms with Crippen molar-refractivity contribution in [1.82, 2.24) is 4.72 Å². The zero-order chi connectivity index (χ0) is 14.4. The summed E-state index contributed by atoms with van der Waals surface area (Å²) in [6, 6.07) is 6.98. The van der Waals surface area contributed by atoms with Crippen LogP contribution in [-0.2, 0) is 10.0 Å². The SMILES string of the molecule is CCCNS(=O)(=O)c1ccc(NCC2CCCS2)cc1. The predicted molar refractivity (Wildman–Crippen MR) is 85.9 cm³/mol. The van der Waals surface area contributed by atoms with Crippen LogP contribution in [0.15, 0.2) is 29.2 Å². The molecule has 0 amide bonds. The molecule has 0 bridgehead atoms. The largest absolute Gasteiger partial charge is 0.384 e. The van der Waals surface area contributed by atoms with E-state index in [4.69, 9.17) is 0 Å². The monoisotopic (exact) mass is 314 g/mol. The Bertz CT molecular complexity index is 508. The molecule has 1 saturated heterocycles. The Morgan fingerprint density at radius 3 is 2.65 bits per heavy atom. The fourth-order valence-electron chi connectivity index (χ4n) is 2.11. The van der Waals surface area contributed by atoms with E-state index in [1.165, 1.54) is 18.6 Å². The third kappa shape index (κ3) is 4.40. The van der Waals surface area contributed by atoms with Gasteiger partial charge in [-0.25, -0.2) is 13.1 Å². The molecule has 20 heavy (non-hydrogen) atoms. The Morgan fingerprint density at radius 2 is 2.05 bits per heavy atom. The van der Waals surface area contributed by atoms with Crippen molar-refractivity contribution in [2.45, 2.75) is 36.3 Å². The molecular formula is C14H22N2O2S2. The van der Waals surface area contributed by atoms with Crippen molar-refractivity contribution in [3.05, 3.63) is 24.3 Å². The molecule has 2 N–H and O–H groups in total. The van der Waals surface area contributed by atoms with E-state index in [2.05, 4.69) is 10.0 Å². The Kier molecular flexibility index (Phi) is 5.74. The van der Waals surface area contributed by atoms with Crippen LogP contribution in [0.3, 0.4) is 0 Å². The lowest BCUT2D eigenvalue weighted by atomic mass is 10.2. The molecule has 0 aromatic heterocycles. The lowest BCUT2D eigenvalue weighted by molar-refractivity contribution is 0.581. The maximum atomic E-state index is 11.9. The first-order chi connectivity index (χ1) is 9.62. The number of benzene rings is 1. The molecule has 1 aromatic carbocycles. The number of anilines is 1. The summed E-state index contributed by atoms with van der Waals surface area (Å²) in [6.45, 7) is 3.36. The van der Waals surface area contributed by atoms with Gasteiger partial charge in [0.15, 0.2) is 0 Å². The summed E-state index contributed by atoms with van der Waals surface area (Å²) in [5.74, 6) is 1.26. The van der Waals surface area contributed by atoms with Crippen LogP contribution in [-0.4, -0.2) is 32.5 Å². The van der Waals surface area contributed by atoms with Gasteiger partial charge in [-0.1, -0.05) is 6.92 Å². The minimum atomic E-state index is -3.35. The highest BCUT2D eigenvalue weighted by Crippen LogP contribution is 2.26. The van der Waals surface area contributed by atoms with Gasteiger partial charge in [0, 0.05) is 24.0 Å². The second-order valence-electron chi connectivity index (χ2n) is 4.94. The van der Waals surface area contributed by atoms with Crippen molar-refractivity contribution in [3.8, 4) is 0 Å². The zero-order valence-electron chi connectivity index (χ0n) is 11.8. The molecule has 1 aliphatic heterocycles. The van der Waals surface area contributed by atoms with Crippen LogP contribution < -0.4 is 10.0 Å². The number of hydrogen-bond donors (Lipinski definition) is 2. The molecule has 1 aliphatic rings. The first-order valence-corrected chi connectivity index (χ1v) is 9.60. The van der Waals surface area contributed by atoms with E-state index in [-0.39, 0.29) is 0 Å². The molecule has 1 heterocycles. The molecule has 1 fully saturated rings. The second kappa shape index (κ2) is 7.33. The van der Waals surface area contributed by atoms with E-state index in [0.717, 1.165) is 18.7 Å². The third-order valence-corrected chi connectivity index (χ3v) is 6.14. The van der Waals surface area contributed by atoms with Crippen molar-refractivity contribution in [3.63, 3.8) is 0 Å². The van der Waals surface area contributed by atoms with E-state index < -0.39 is 10.0 Å². The van der Waals surface area contributed by atoms with Crippen molar-refractivity contribution in [2.24, 2.45) is 0 Å². The maximum Gasteiger partial charge on any atom is 0.240 e. The van der Waals surface area contributed by atoms with Crippen LogP contribution in [0.25, 0.3) is 0 Å². The van der Waals surface area contributed by atoms with Crippen LogP contribution in [0, 0.1) is 0 Å². The molecule has 112 valence electrons. The Hall–Kier alpha value is -0.720. The number of hydrogen-bond acceptors (Lipinski definition) is 4. The van der Waals surface area contributed by atoms with E-state index in [1.807, 2.05) is 30.8 Å². The van der Waals surface area contributed by atoms with Gasteiger partial charge in [0.05, 0.1) is 4.90 Å². The topological polar surface area (TPSA) is 58.2 Å². The summed E-state index contributed by atoms with van der Waals surface area (Å²) in [6.07, 6.45) is 3.36. The summed E-state index contributed by atoms with van der Waals surface area (Å²) in [5, 5.41) is 4.06. The minimum absolute atomic E-state index is 0.326. The van der Waals surface area contributed by atoms with Gasteiger partial charge in [-0.2, -0.15) is 11.8 Å². The summed E-state index contributed by atoms with van der Waals surface area (Å²) >= 11 is 2.01. The highest BCUT2D eigenvalue weighted by molar-refractivity contribution is 8.00. The highest BCUT2D eigenvalue weighted by atomic mass is 32.2. The van der Waals surface area contributed by atoms with Crippen molar-refractivity contribution in [1.29, 1.82) is 0 Å². The molecule has 0 aliphatic carbocycles. The summed E-state index contributed by atoms with van der Waals surface area (Å²) < 4.78 is 26.4. The quantitative estimate of drug-likeness (QED) is 0.812. The summed E-state index contributed by atoms with van der Waals surface area (Å²) in [4.78, 5) is 0.326. The lowest BCUT2D eigenvalue weighted by Crippen LogP contribution is -2.24. The van der Waals surface area contributed by atoms with Crippen molar-refractivity contribution >= 4 is 27.5 Å². The molecule has 4 nitrogen and oxygen atoms in total. The Morgan fingerprint density at radius 1 is 1.30 bits per heavy atom. The highest BCUT2D eigenvalue weighted by Gasteiger charge is 2.15. The Labute approximate surface area is 125 Å². The van der Waals surface area contributed by atoms with Gasteiger partial charge in [-0.05, 0) is 49.3 Å². The molecule has 6 heteroatoms. The van der Waals surface area contributed by atoms with Gasteiger partial charge < -0.3 is 5.32 Å². The Balaban J connectivity index is 1.91. The molecule has 2 rings (SSSR count). The predicted octanol–water partition coefficient (Wildman–Crippen LogP) is 2.68. The average Bonchev–Trinajstić information content (AvgIpc) is 2.97. The first-order valence-electron chi connectivity index (χ1n) is 7.07. The molecule has 1 aromatic rings. The number of nitrogens with one attached hydrogen (secondary N) is 2. The first kappa shape index (κ1) is 15.7. The van der Waals surface area contributed by atoms with Gasteiger partial charge in [-0.15, -0.1) is 0 Å². The molecule has 1 unspecified atom stereocenters. The van der Waals surface area contributed by atoms with Gasteiger partial charge in [0.25, 0.3) is 0 Å². The fourth-order valence-corrected chi connectivity index (χ4v) is 4.44. The van der Waals surface area contributed by atoms with Gasteiger partial charge in [0.2, 0.25) is 10.0 Å². The van der Waals surface area contributed by atoms with Crippen LogP contribution in [0.5, 0.6) is 0 Å². The van der Waals surface area contributed by atoms with Gasteiger partial charge in [-0.3, -0.25) is 0 Å².